The van der Waals surface area contributed by atoms with E-state index in [1.807, 2.05) is 0 Å². The van der Waals surface area contributed by atoms with Crippen LogP contribution in [-0.2, 0) is 0 Å². The van der Waals surface area contributed by atoms with Gasteiger partial charge in [-0.1, -0.05) is 30.2 Å². The van der Waals surface area contributed by atoms with Crippen molar-refractivity contribution >= 4 is 0 Å². The molecule has 1 aromatic carbocycles. The van der Waals surface area contributed by atoms with Crippen molar-refractivity contribution in [1.29, 1.82) is 5.26 Å². The summed E-state index contributed by atoms with van der Waals surface area (Å²) in [7, 11) is 0. The first-order valence-electron chi connectivity index (χ1n) is 6.84. The standard InChI is InChI=1S/C16H22N2/c1-11-7-8-15(12(2)9-11)13(3)18-16-6-4-5-14(16)10-17/h7-9,13-14,16,18H,4-6H2,1-3H3. The second kappa shape index (κ2) is 5.54. The SMILES string of the molecule is Cc1ccc(C(C)NC2CCCC2C#N)c(C)c1. The van der Waals surface area contributed by atoms with Gasteiger partial charge < -0.3 is 5.32 Å². The van der Waals surface area contributed by atoms with E-state index in [2.05, 4.69) is 50.4 Å². The summed E-state index contributed by atoms with van der Waals surface area (Å²) in [6, 6.07) is 9.72. The molecule has 0 bridgehead atoms. The lowest BCUT2D eigenvalue weighted by molar-refractivity contribution is 0.417. The van der Waals surface area contributed by atoms with Crippen LogP contribution in [0.3, 0.4) is 0 Å². The Morgan fingerprint density at radius 1 is 1.33 bits per heavy atom. The van der Waals surface area contributed by atoms with E-state index in [0.29, 0.717) is 12.1 Å². The van der Waals surface area contributed by atoms with Gasteiger partial charge in [-0.2, -0.15) is 5.26 Å². The average Bonchev–Trinajstić information content (AvgIpc) is 2.76. The molecule has 3 unspecified atom stereocenters. The molecule has 1 N–H and O–H groups in total. The number of aryl methyl sites for hydroxylation is 2. The molecule has 2 nitrogen and oxygen atoms in total. The molecule has 0 amide bonds. The Bertz CT molecular complexity index is 459. The number of benzene rings is 1. The molecular weight excluding hydrogens is 220 g/mol. The molecule has 0 radical (unpaired) electrons. The average molecular weight is 242 g/mol. The molecule has 0 heterocycles. The van der Waals surface area contributed by atoms with Crippen molar-refractivity contribution in [3.63, 3.8) is 0 Å². The number of nitrogens with zero attached hydrogens (tertiary/aromatic N) is 1. The normalized spacial score (nSPS) is 24.8. The Hall–Kier alpha value is -1.33. The molecule has 2 heteroatoms. The summed E-state index contributed by atoms with van der Waals surface area (Å²) >= 11 is 0. The molecule has 1 aliphatic rings. The lowest BCUT2D eigenvalue weighted by Crippen LogP contribution is -2.34. The third-order valence-corrected chi connectivity index (χ3v) is 4.04. The predicted molar refractivity (Wildman–Crippen MR) is 74.2 cm³/mol. The van der Waals surface area contributed by atoms with Crippen LogP contribution in [0.4, 0.5) is 0 Å². The molecule has 1 fully saturated rings. The van der Waals surface area contributed by atoms with Gasteiger partial charge in [-0.25, -0.2) is 0 Å². The Morgan fingerprint density at radius 2 is 2.11 bits per heavy atom. The first-order valence-corrected chi connectivity index (χ1v) is 6.84. The third kappa shape index (κ3) is 2.73. The maximum absolute atomic E-state index is 9.12. The number of hydrogen-bond donors (Lipinski definition) is 1. The zero-order chi connectivity index (χ0) is 13.1. The van der Waals surface area contributed by atoms with Gasteiger partial charge in [0.25, 0.3) is 0 Å². The summed E-state index contributed by atoms with van der Waals surface area (Å²) in [6.07, 6.45) is 3.36. The Balaban J connectivity index is 2.08. The number of nitrogens with one attached hydrogen (secondary N) is 1. The maximum Gasteiger partial charge on any atom is 0.0672 e. The summed E-state index contributed by atoms with van der Waals surface area (Å²) < 4.78 is 0. The monoisotopic (exact) mass is 242 g/mol. The fourth-order valence-corrected chi connectivity index (χ4v) is 3.04. The summed E-state index contributed by atoms with van der Waals surface area (Å²) in [5.74, 6) is 0.193. The van der Waals surface area contributed by atoms with Gasteiger partial charge in [0.15, 0.2) is 0 Å². The minimum Gasteiger partial charge on any atom is -0.306 e. The first kappa shape index (κ1) is 13.1. The zero-order valence-corrected chi connectivity index (χ0v) is 11.5. The molecule has 0 spiro atoms. The molecule has 0 aliphatic heterocycles. The molecule has 3 atom stereocenters. The van der Waals surface area contributed by atoms with E-state index in [4.69, 9.17) is 5.26 Å². The van der Waals surface area contributed by atoms with Crippen LogP contribution in [0.25, 0.3) is 0 Å². The van der Waals surface area contributed by atoms with Crippen LogP contribution >= 0.6 is 0 Å². The highest BCUT2D eigenvalue weighted by molar-refractivity contribution is 5.32. The van der Waals surface area contributed by atoms with Gasteiger partial charge in [-0.15, -0.1) is 0 Å². The molecule has 2 rings (SSSR count). The van der Waals surface area contributed by atoms with E-state index in [1.165, 1.54) is 23.1 Å². The van der Waals surface area contributed by atoms with Gasteiger partial charge in [0.05, 0.1) is 12.0 Å². The van der Waals surface area contributed by atoms with E-state index < -0.39 is 0 Å². The molecule has 0 aromatic heterocycles. The van der Waals surface area contributed by atoms with E-state index in [9.17, 15) is 0 Å². The van der Waals surface area contributed by atoms with E-state index in [-0.39, 0.29) is 5.92 Å². The van der Waals surface area contributed by atoms with Crippen molar-refractivity contribution in [3.05, 3.63) is 34.9 Å². The fraction of sp³-hybridized carbons (Fsp3) is 0.562. The summed E-state index contributed by atoms with van der Waals surface area (Å²) in [5.41, 5.74) is 3.99. The molecule has 1 aliphatic carbocycles. The first-order chi connectivity index (χ1) is 8.61. The highest BCUT2D eigenvalue weighted by Crippen LogP contribution is 2.28. The van der Waals surface area contributed by atoms with E-state index in [1.54, 1.807) is 0 Å². The molecule has 1 aromatic rings. The van der Waals surface area contributed by atoms with Crippen LogP contribution in [0.2, 0.25) is 0 Å². The summed E-state index contributed by atoms with van der Waals surface area (Å²) in [4.78, 5) is 0. The largest absolute Gasteiger partial charge is 0.306 e. The van der Waals surface area contributed by atoms with Crippen molar-refractivity contribution in [2.24, 2.45) is 5.92 Å². The van der Waals surface area contributed by atoms with Crippen molar-refractivity contribution in [3.8, 4) is 6.07 Å². The molecule has 18 heavy (non-hydrogen) atoms. The Labute approximate surface area is 110 Å². The highest BCUT2D eigenvalue weighted by Gasteiger charge is 2.28. The van der Waals surface area contributed by atoms with Crippen LogP contribution in [0, 0.1) is 31.1 Å². The minimum absolute atomic E-state index is 0.193. The lowest BCUT2D eigenvalue weighted by Gasteiger charge is -2.23. The van der Waals surface area contributed by atoms with Gasteiger partial charge in [-0.05, 0) is 44.7 Å². The minimum atomic E-state index is 0.193. The smallest absolute Gasteiger partial charge is 0.0672 e. The lowest BCUT2D eigenvalue weighted by atomic mass is 9.98. The predicted octanol–water partition coefficient (Wildman–Crippen LogP) is 3.65. The zero-order valence-electron chi connectivity index (χ0n) is 11.5. The van der Waals surface area contributed by atoms with Crippen molar-refractivity contribution in [2.45, 2.75) is 52.1 Å². The second-order valence-corrected chi connectivity index (χ2v) is 5.52. The molecule has 1 saturated carbocycles. The van der Waals surface area contributed by atoms with Gasteiger partial charge in [-0.3, -0.25) is 0 Å². The number of rotatable bonds is 3. The van der Waals surface area contributed by atoms with E-state index >= 15 is 0 Å². The molecule has 0 saturated heterocycles. The van der Waals surface area contributed by atoms with Crippen molar-refractivity contribution in [1.82, 2.24) is 5.32 Å². The molecular formula is C16H22N2. The molecule has 96 valence electrons. The van der Waals surface area contributed by atoms with Crippen LogP contribution in [-0.4, -0.2) is 6.04 Å². The van der Waals surface area contributed by atoms with Gasteiger partial charge in [0.2, 0.25) is 0 Å². The van der Waals surface area contributed by atoms with Crippen LogP contribution in [0.15, 0.2) is 18.2 Å². The quantitative estimate of drug-likeness (QED) is 0.878. The fourth-order valence-electron chi connectivity index (χ4n) is 3.04. The van der Waals surface area contributed by atoms with Crippen molar-refractivity contribution < 1.29 is 0 Å². The van der Waals surface area contributed by atoms with Gasteiger partial charge >= 0.3 is 0 Å². The summed E-state index contributed by atoms with van der Waals surface area (Å²) in [5, 5.41) is 12.8. The number of hydrogen-bond acceptors (Lipinski definition) is 2. The topological polar surface area (TPSA) is 35.8 Å². The Kier molecular flexibility index (Phi) is 4.04. The van der Waals surface area contributed by atoms with Crippen LogP contribution in [0.1, 0.15) is 48.9 Å². The Morgan fingerprint density at radius 3 is 2.78 bits per heavy atom. The number of nitriles is 1. The van der Waals surface area contributed by atoms with E-state index in [0.717, 1.165) is 12.8 Å². The maximum atomic E-state index is 9.12. The summed E-state index contributed by atoms with van der Waals surface area (Å²) in [6.45, 7) is 6.49. The highest BCUT2D eigenvalue weighted by atomic mass is 15.0. The van der Waals surface area contributed by atoms with Gasteiger partial charge in [0, 0.05) is 12.1 Å². The third-order valence-electron chi connectivity index (χ3n) is 4.04. The van der Waals surface area contributed by atoms with Gasteiger partial charge in [0.1, 0.15) is 0 Å². The van der Waals surface area contributed by atoms with Crippen molar-refractivity contribution in [2.75, 3.05) is 0 Å². The second-order valence-electron chi connectivity index (χ2n) is 5.52. The van der Waals surface area contributed by atoms with Crippen LogP contribution < -0.4 is 5.32 Å². The van der Waals surface area contributed by atoms with Crippen LogP contribution in [0.5, 0.6) is 0 Å².